The lowest BCUT2D eigenvalue weighted by Crippen LogP contribution is -2.56. The molecule has 0 fully saturated rings. The molecule has 0 aliphatic carbocycles. The number of carboxylic acids is 1. The average Bonchev–Trinajstić information content (AvgIpc) is 2.48. The highest BCUT2D eigenvalue weighted by atomic mass is 16.4. The van der Waals surface area contributed by atoms with E-state index in [-0.39, 0.29) is 23.7 Å². The van der Waals surface area contributed by atoms with Crippen LogP contribution in [0.3, 0.4) is 0 Å². The van der Waals surface area contributed by atoms with Gasteiger partial charge in [0.1, 0.15) is 12.1 Å². The van der Waals surface area contributed by atoms with Crippen LogP contribution in [0.2, 0.25) is 0 Å². The number of nitrogens with two attached hydrogens (primary N) is 1. The van der Waals surface area contributed by atoms with Gasteiger partial charge in [0.2, 0.25) is 11.8 Å². The molecule has 2 amide bonds. The van der Waals surface area contributed by atoms with E-state index in [2.05, 4.69) is 10.6 Å². The molecule has 4 unspecified atom stereocenters. The molecule has 0 aliphatic heterocycles. The van der Waals surface area contributed by atoms with Crippen molar-refractivity contribution in [1.29, 1.82) is 0 Å². The van der Waals surface area contributed by atoms with Crippen LogP contribution in [0.15, 0.2) is 0 Å². The fourth-order valence-electron chi connectivity index (χ4n) is 2.25. The molecular weight excluding hydrogens is 310 g/mol. The molecule has 0 rings (SSSR count). The zero-order valence-electron chi connectivity index (χ0n) is 15.6. The molecule has 0 saturated carbocycles. The Hall–Kier alpha value is -1.63. The Labute approximate surface area is 144 Å². The number of carbonyl (C=O) groups excluding carboxylic acids is 2. The van der Waals surface area contributed by atoms with E-state index in [1.54, 1.807) is 13.8 Å². The number of amides is 2. The maximum absolute atomic E-state index is 12.5. The predicted molar refractivity (Wildman–Crippen MR) is 93.2 cm³/mol. The molecule has 0 heterocycles. The number of rotatable bonds is 10. The Morgan fingerprint density at radius 3 is 1.92 bits per heavy atom. The van der Waals surface area contributed by atoms with Crippen molar-refractivity contribution in [3.8, 4) is 0 Å². The fourth-order valence-corrected chi connectivity index (χ4v) is 2.25. The van der Waals surface area contributed by atoms with Gasteiger partial charge in [-0.25, -0.2) is 4.79 Å². The van der Waals surface area contributed by atoms with Gasteiger partial charge < -0.3 is 21.5 Å². The van der Waals surface area contributed by atoms with Crippen LogP contribution in [0.25, 0.3) is 0 Å². The molecule has 0 spiro atoms. The lowest BCUT2D eigenvalue weighted by molar-refractivity contribution is -0.143. The van der Waals surface area contributed by atoms with Gasteiger partial charge in [0.25, 0.3) is 0 Å². The van der Waals surface area contributed by atoms with E-state index >= 15 is 0 Å². The Morgan fingerprint density at radius 1 is 1.00 bits per heavy atom. The highest BCUT2D eigenvalue weighted by molar-refractivity contribution is 5.91. The molecule has 0 aromatic heterocycles. The van der Waals surface area contributed by atoms with E-state index in [1.807, 2.05) is 27.7 Å². The number of aliphatic carboxylic acids is 1. The minimum Gasteiger partial charge on any atom is -0.480 e. The van der Waals surface area contributed by atoms with Crippen LogP contribution in [0.4, 0.5) is 0 Å². The first-order chi connectivity index (χ1) is 11.0. The third-order valence-electron chi connectivity index (χ3n) is 4.13. The van der Waals surface area contributed by atoms with Gasteiger partial charge in [-0.05, 0) is 24.2 Å². The van der Waals surface area contributed by atoms with E-state index in [0.29, 0.717) is 6.42 Å². The number of carboxylic acid groups (broad SMARTS) is 1. The van der Waals surface area contributed by atoms with Gasteiger partial charge in [0, 0.05) is 0 Å². The van der Waals surface area contributed by atoms with Crippen molar-refractivity contribution in [1.82, 2.24) is 10.6 Å². The van der Waals surface area contributed by atoms with E-state index < -0.39 is 30.0 Å². The van der Waals surface area contributed by atoms with Crippen molar-refractivity contribution in [2.24, 2.45) is 23.5 Å². The Kier molecular flexibility index (Phi) is 9.58. The van der Waals surface area contributed by atoms with Gasteiger partial charge >= 0.3 is 5.97 Å². The van der Waals surface area contributed by atoms with E-state index in [0.717, 1.165) is 6.42 Å². The van der Waals surface area contributed by atoms with Crippen LogP contribution >= 0.6 is 0 Å². The predicted octanol–water partition coefficient (Wildman–Crippen LogP) is 1.12. The van der Waals surface area contributed by atoms with Crippen molar-refractivity contribution in [3.63, 3.8) is 0 Å². The molecule has 4 atom stereocenters. The van der Waals surface area contributed by atoms with E-state index in [9.17, 15) is 19.5 Å². The Bertz CT molecular complexity index is 438. The van der Waals surface area contributed by atoms with Gasteiger partial charge in [0.15, 0.2) is 0 Å². The largest absolute Gasteiger partial charge is 0.480 e. The summed E-state index contributed by atoms with van der Waals surface area (Å²) in [6.45, 7) is 11.1. The first-order valence-corrected chi connectivity index (χ1v) is 8.60. The van der Waals surface area contributed by atoms with Crippen molar-refractivity contribution in [2.75, 3.05) is 0 Å². The summed E-state index contributed by atoms with van der Waals surface area (Å²) in [5.41, 5.74) is 5.91. The molecule has 7 nitrogen and oxygen atoms in total. The van der Waals surface area contributed by atoms with Crippen LogP contribution in [0.1, 0.15) is 54.4 Å². The molecule has 0 radical (unpaired) electrons. The zero-order valence-corrected chi connectivity index (χ0v) is 15.6. The molecule has 24 heavy (non-hydrogen) atoms. The monoisotopic (exact) mass is 343 g/mol. The van der Waals surface area contributed by atoms with Gasteiger partial charge in [-0.2, -0.15) is 0 Å². The normalized spacial score (nSPS) is 16.4. The molecule has 0 bridgehead atoms. The first-order valence-electron chi connectivity index (χ1n) is 8.60. The molecule has 7 heteroatoms. The summed E-state index contributed by atoms with van der Waals surface area (Å²) in [5, 5.41) is 14.4. The Morgan fingerprint density at radius 2 is 1.54 bits per heavy atom. The lowest BCUT2D eigenvalue weighted by Gasteiger charge is -2.26. The summed E-state index contributed by atoms with van der Waals surface area (Å²) in [4.78, 5) is 36.0. The van der Waals surface area contributed by atoms with Crippen LogP contribution in [-0.2, 0) is 14.4 Å². The first kappa shape index (κ1) is 22.4. The quantitative estimate of drug-likeness (QED) is 0.473. The molecular formula is C17H33N3O4. The third-order valence-corrected chi connectivity index (χ3v) is 4.13. The molecule has 0 saturated heterocycles. The molecule has 0 aliphatic rings. The maximum Gasteiger partial charge on any atom is 0.326 e. The van der Waals surface area contributed by atoms with Crippen molar-refractivity contribution < 1.29 is 19.5 Å². The number of carbonyl (C=O) groups is 3. The van der Waals surface area contributed by atoms with Crippen molar-refractivity contribution in [2.45, 2.75) is 72.5 Å². The maximum atomic E-state index is 12.5. The van der Waals surface area contributed by atoms with Crippen molar-refractivity contribution >= 4 is 17.8 Å². The second-order valence-corrected chi connectivity index (χ2v) is 7.17. The molecule has 140 valence electrons. The summed E-state index contributed by atoms with van der Waals surface area (Å²) < 4.78 is 0. The molecule has 5 N–H and O–H groups in total. The second-order valence-electron chi connectivity index (χ2n) is 7.17. The molecule has 0 aromatic rings. The van der Waals surface area contributed by atoms with Gasteiger partial charge in [-0.1, -0.05) is 48.0 Å². The highest BCUT2D eigenvalue weighted by Crippen LogP contribution is 2.10. The van der Waals surface area contributed by atoms with Crippen molar-refractivity contribution in [3.05, 3.63) is 0 Å². The number of nitrogens with one attached hydrogen (secondary N) is 2. The summed E-state index contributed by atoms with van der Waals surface area (Å²) in [6.07, 6.45) is 1.17. The van der Waals surface area contributed by atoms with Crippen LogP contribution in [-0.4, -0.2) is 41.0 Å². The van der Waals surface area contributed by atoms with Gasteiger partial charge in [-0.3, -0.25) is 9.59 Å². The average molecular weight is 343 g/mol. The standard InChI is InChI=1S/C17H33N3O4/c1-7-11(6)13(18)16(22)19-12(8-9(2)3)15(21)20-14(10(4)5)17(23)24/h9-14H,7-8,18H2,1-6H3,(H,19,22)(H,20,21)(H,23,24). The van der Waals surface area contributed by atoms with Crippen LogP contribution in [0.5, 0.6) is 0 Å². The fraction of sp³-hybridized carbons (Fsp3) is 0.824. The topological polar surface area (TPSA) is 122 Å². The highest BCUT2D eigenvalue weighted by Gasteiger charge is 2.30. The summed E-state index contributed by atoms with van der Waals surface area (Å²) in [7, 11) is 0. The van der Waals surface area contributed by atoms with Crippen LogP contribution < -0.4 is 16.4 Å². The Balaban J connectivity index is 5.08. The number of hydrogen-bond acceptors (Lipinski definition) is 4. The number of hydrogen-bond donors (Lipinski definition) is 4. The summed E-state index contributed by atoms with van der Waals surface area (Å²) >= 11 is 0. The third kappa shape index (κ3) is 7.29. The summed E-state index contributed by atoms with van der Waals surface area (Å²) in [5.74, 6) is -2.08. The second kappa shape index (κ2) is 10.3. The van der Waals surface area contributed by atoms with E-state index in [4.69, 9.17) is 5.73 Å². The van der Waals surface area contributed by atoms with Gasteiger partial charge in [0.05, 0.1) is 6.04 Å². The zero-order chi connectivity index (χ0) is 19.0. The molecule has 0 aromatic carbocycles. The minimum atomic E-state index is -1.09. The van der Waals surface area contributed by atoms with Gasteiger partial charge in [-0.15, -0.1) is 0 Å². The minimum absolute atomic E-state index is 0.00445. The summed E-state index contributed by atoms with van der Waals surface area (Å²) in [6, 6.07) is -2.49. The lowest BCUT2D eigenvalue weighted by atomic mass is 9.97. The van der Waals surface area contributed by atoms with Crippen LogP contribution in [0, 0.1) is 17.8 Å². The SMILES string of the molecule is CCC(C)C(N)C(=O)NC(CC(C)C)C(=O)NC(C(=O)O)C(C)C. The van der Waals surface area contributed by atoms with E-state index in [1.165, 1.54) is 0 Å². The smallest absolute Gasteiger partial charge is 0.326 e.